The molecule has 20 heavy (non-hydrogen) atoms. The van der Waals surface area contributed by atoms with Gasteiger partial charge in [-0.25, -0.2) is 0 Å². The molecule has 1 aliphatic heterocycles. The van der Waals surface area contributed by atoms with Crippen molar-refractivity contribution in [3.05, 3.63) is 0 Å². The molecule has 1 saturated heterocycles. The molecular formula is C14H31N3O2S. The minimum atomic E-state index is -3.33. The van der Waals surface area contributed by atoms with Gasteiger partial charge >= 0.3 is 0 Å². The van der Waals surface area contributed by atoms with Crippen molar-refractivity contribution in [1.29, 1.82) is 0 Å². The second-order valence-corrected chi connectivity index (χ2v) is 7.90. The normalized spacial score (nSPS) is 24.5. The largest absolute Gasteiger partial charge is 0.319 e. The van der Waals surface area contributed by atoms with E-state index in [9.17, 15) is 8.42 Å². The van der Waals surface area contributed by atoms with Crippen LogP contribution in [0.5, 0.6) is 0 Å². The van der Waals surface area contributed by atoms with Gasteiger partial charge in [0, 0.05) is 19.1 Å². The highest BCUT2D eigenvalue weighted by Gasteiger charge is 2.29. The summed E-state index contributed by atoms with van der Waals surface area (Å²) in [7, 11) is -1.42. The molecule has 6 heteroatoms. The molecule has 0 aliphatic carbocycles. The van der Waals surface area contributed by atoms with Crippen LogP contribution in [0, 0.1) is 11.8 Å². The van der Waals surface area contributed by atoms with Crippen LogP contribution >= 0.6 is 0 Å². The highest BCUT2D eigenvalue weighted by molar-refractivity contribution is 7.87. The Labute approximate surface area is 124 Å². The summed E-state index contributed by atoms with van der Waals surface area (Å²) in [4.78, 5) is 0. The molecule has 1 aliphatic rings. The summed E-state index contributed by atoms with van der Waals surface area (Å²) in [5.41, 5.74) is 0. The summed E-state index contributed by atoms with van der Waals surface area (Å²) in [6.45, 7) is 8.42. The molecule has 0 aromatic heterocycles. The van der Waals surface area contributed by atoms with Gasteiger partial charge in [0.15, 0.2) is 0 Å². The zero-order chi connectivity index (χ0) is 15.2. The Bertz CT molecular complexity index is 371. The van der Waals surface area contributed by atoms with Crippen LogP contribution in [0.3, 0.4) is 0 Å². The smallest absolute Gasteiger partial charge is 0.279 e. The molecule has 120 valence electrons. The molecule has 5 nitrogen and oxygen atoms in total. The Morgan fingerprint density at radius 1 is 1.35 bits per heavy atom. The van der Waals surface area contributed by atoms with Crippen molar-refractivity contribution in [3.8, 4) is 0 Å². The Morgan fingerprint density at radius 2 is 2.05 bits per heavy atom. The predicted octanol–water partition coefficient (Wildman–Crippen LogP) is 1.58. The van der Waals surface area contributed by atoms with Crippen LogP contribution in [0.15, 0.2) is 0 Å². The van der Waals surface area contributed by atoms with Gasteiger partial charge in [0.05, 0.1) is 0 Å². The van der Waals surface area contributed by atoms with E-state index >= 15 is 0 Å². The first-order valence-corrected chi connectivity index (χ1v) is 9.25. The Balaban J connectivity index is 2.54. The van der Waals surface area contributed by atoms with Crippen LogP contribution in [-0.2, 0) is 10.2 Å². The highest BCUT2D eigenvalue weighted by atomic mass is 32.2. The van der Waals surface area contributed by atoms with E-state index in [4.69, 9.17) is 0 Å². The zero-order valence-corrected chi connectivity index (χ0v) is 14.2. The molecule has 1 fully saturated rings. The molecule has 2 N–H and O–H groups in total. The van der Waals surface area contributed by atoms with Gasteiger partial charge in [0.2, 0.25) is 0 Å². The monoisotopic (exact) mass is 305 g/mol. The van der Waals surface area contributed by atoms with Crippen molar-refractivity contribution in [2.45, 2.75) is 52.5 Å². The maximum atomic E-state index is 12.4. The number of nitrogens with one attached hydrogen (secondary N) is 2. The molecule has 1 heterocycles. The summed E-state index contributed by atoms with van der Waals surface area (Å²) >= 11 is 0. The second kappa shape index (κ2) is 8.32. The fourth-order valence-corrected chi connectivity index (χ4v) is 4.38. The van der Waals surface area contributed by atoms with Gasteiger partial charge in [-0.3, -0.25) is 0 Å². The first kappa shape index (κ1) is 17.9. The van der Waals surface area contributed by atoms with E-state index in [1.807, 2.05) is 14.0 Å². The number of hydrogen-bond acceptors (Lipinski definition) is 3. The molecule has 3 unspecified atom stereocenters. The molecule has 0 spiro atoms. The Morgan fingerprint density at radius 3 is 2.65 bits per heavy atom. The lowest BCUT2D eigenvalue weighted by atomic mass is 10.00. The molecule has 3 atom stereocenters. The van der Waals surface area contributed by atoms with E-state index in [-0.39, 0.29) is 6.04 Å². The van der Waals surface area contributed by atoms with Crippen LogP contribution in [-0.4, -0.2) is 45.4 Å². The van der Waals surface area contributed by atoms with Crippen molar-refractivity contribution in [2.24, 2.45) is 11.8 Å². The summed E-state index contributed by atoms with van der Waals surface area (Å²) in [5, 5.41) is 3.14. The third-order valence-electron chi connectivity index (χ3n) is 4.12. The molecular weight excluding hydrogens is 274 g/mol. The Kier molecular flexibility index (Phi) is 7.43. The van der Waals surface area contributed by atoms with Gasteiger partial charge in [-0.2, -0.15) is 17.4 Å². The van der Waals surface area contributed by atoms with Gasteiger partial charge in [-0.1, -0.05) is 20.3 Å². The minimum Gasteiger partial charge on any atom is -0.319 e. The third kappa shape index (κ3) is 5.68. The number of rotatable bonds is 8. The predicted molar refractivity (Wildman–Crippen MR) is 83.8 cm³/mol. The minimum absolute atomic E-state index is 0.000346. The van der Waals surface area contributed by atoms with E-state index in [0.29, 0.717) is 24.9 Å². The van der Waals surface area contributed by atoms with Crippen molar-refractivity contribution < 1.29 is 8.42 Å². The molecule has 0 radical (unpaired) electrons. The maximum Gasteiger partial charge on any atom is 0.279 e. The average Bonchev–Trinajstić information content (AvgIpc) is 2.38. The third-order valence-corrected chi connectivity index (χ3v) is 5.83. The standard InChI is InChI=1S/C14H31N3O2S/c1-5-12(2)9-13(3)16-20(18,19)17-8-6-7-14(11-17)10-15-4/h12-16H,5-11H2,1-4H3. The maximum absolute atomic E-state index is 12.4. The number of hydrogen-bond donors (Lipinski definition) is 2. The lowest BCUT2D eigenvalue weighted by Crippen LogP contribution is -2.49. The Hall–Kier alpha value is -0.170. The first-order valence-electron chi connectivity index (χ1n) is 7.81. The zero-order valence-electron chi connectivity index (χ0n) is 13.4. The number of nitrogens with zero attached hydrogens (tertiary/aromatic N) is 1. The van der Waals surface area contributed by atoms with Crippen LogP contribution < -0.4 is 10.0 Å². The molecule has 0 saturated carbocycles. The molecule has 0 aromatic carbocycles. The van der Waals surface area contributed by atoms with Gasteiger partial charge < -0.3 is 5.32 Å². The average molecular weight is 305 g/mol. The fraction of sp³-hybridized carbons (Fsp3) is 1.00. The molecule has 0 bridgehead atoms. The lowest BCUT2D eigenvalue weighted by molar-refractivity contribution is 0.259. The molecule has 1 rings (SSSR count). The van der Waals surface area contributed by atoms with Crippen LogP contribution in [0.25, 0.3) is 0 Å². The molecule has 0 aromatic rings. The van der Waals surface area contributed by atoms with Gasteiger partial charge in [0.1, 0.15) is 0 Å². The van der Waals surface area contributed by atoms with Crippen LogP contribution in [0.1, 0.15) is 46.5 Å². The van der Waals surface area contributed by atoms with Gasteiger partial charge in [0.25, 0.3) is 10.2 Å². The van der Waals surface area contributed by atoms with Gasteiger partial charge in [-0.15, -0.1) is 0 Å². The topological polar surface area (TPSA) is 61.4 Å². The van der Waals surface area contributed by atoms with Crippen LogP contribution in [0.4, 0.5) is 0 Å². The van der Waals surface area contributed by atoms with E-state index < -0.39 is 10.2 Å². The fourth-order valence-electron chi connectivity index (χ4n) is 2.85. The van der Waals surface area contributed by atoms with Crippen molar-refractivity contribution in [3.63, 3.8) is 0 Å². The summed E-state index contributed by atoms with van der Waals surface area (Å²) in [5.74, 6) is 0.973. The summed E-state index contributed by atoms with van der Waals surface area (Å²) in [6, 6.07) is -0.000346. The van der Waals surface area contributed by atoms with E-state index in [2.05, 4.69) is 23.9 Å². The number of piperidine rings is 1. The molecule has 0 amide bonds. The highest BCUT2D eigenvalue weighted by Crippen LogP contribution is 2.19. The van der Waals surface area contributed by atoms with E-state index in [1.165, 1.54) is 0 Å². The quantitative estimate of drug-likeness (QED) is 0.716. The van der Waals surface area contributed by atoms with Gasteiger partial charge in [-0.05, 0) is 51.6 Å². The lowest BCUT2D eigenvalue weighted by Gasteiger charge is -2.33. The van der Waals surface area contributed by atoms with Crippen molar-refractivity contribution >= 4 is 10.2 Å². The summed E-state index contributed by atoms with van der Waals surface area (Å²) < 4.78 is 29.3. The van der Waals surface area contributed by atoms with Crippen molar-refractivity contribution in [1.82, 2.24) is 14.3 Å². The van der Waals surface area contributed by atoms with E-state index in [1.54, 1.807) is 4.31 Å². The van der Waals surface area contributed by atoms with Crippen LogP contribution in [0.2, 0.25) is 0 Å². The first-order chi connectivity index (χ1) is 9.39. The SMILES string of the molecule is CCC(C)CC(C)NS(=O)(=O)N1CCCC(CNC)C1. The summed E-state index contributed by atoms with van der Waals surface area (Å²) in [6.07, 6.45) is 4.03. The van der Waals surface area contributed by atoms with Crippen molar-refractivity contribution in [2.75, 3.05) is 26.7 Å². The second-order valence-electron chi connectivity index (χ2n) is 6.20. The van der Waals surface area contributed by atoms with E-state index in [0.717, 1.165) is 32.2 Å².